The summed E-state index contributed by atoms with van der Waals surface area (Å²) in [4.78, 5) is 6.27. The van der Waals surface area contributed by atoms with E-state index in [9.17, 15) is 9.50 Å². The summed E-state index contributed by atoms with van der Waals surface area (Å²) in [5.74, 6) is 0.474. The maximum Gasteiger partial charge on any atom is 0.124 e. The topological polar surface area (TPSA) is 45.6 Å². The molecule has 144 valence electrons. The van der Waals surface area contributed by atoms with E-state index in [1.54, 1.807) is 24.5 Å². The molecule has 0 radical (unpaired) electrons. The predicted molar refractivity (Wildman–Crippen MR) is 106 cm³/mol. The predicted octanol–water partition coefficient (Wildman–Crippen LogP) is 4.35. The summed E-state index contributed by atoms with van der Waals surface area (Å²) in [6.07, 6.45) is 2.59. The van der Waals surface area contributed by atoms with Crippen molar-refractivity contribution in [2.24, 2.45) is 0 Å². The number of ether oxygens (including phenoxy) is 1. The van der Waals surface area contributed by atoms with Gasteiger partial charge in [-0.2, -0.15) is 0 Å². The van der Waals surface area contributed by atoms with Crippen molar-refractivity contribution in [2.75, 3.05) is 13.2 Å². The van der Waals surface area contributed by atoms with Crippen molar-refractivity contribution in [1.29, 1.82) is 0 Å². The Balaban J connectivity index is 1.56. The van der Waals surface area contributed by atoms with Crippen LogP contribution in [0.3, 0.4) is 0 Å². The third-order valence-corrected chi connectivity index (χ3v) is 5.22. The minimum atomic E-state index is -0.748. The number of aromatic nitrogens is 1. The number of halogens is 2. The Bertz CT molecular complexity index is 968. The van der Waals surface area contributed by atoms with Crippen molar-refractivity contribution >= 4 is 11.6 Å². The minimum Gasteiger partial charge on any atom is -0.492 e. The fourth-order valence-electron chi connectivity index (χ4n) is 3.39. The molecule has 6 heteroatoms. The molecule has 0 saturated carbocycles. The molecule has 28 heavy (non-hydrogen) atoms. The fraction of sp³-hybridized carbons (Fsp3) is 0.227. The number of aliphatic hydroxyl groups excluding tert-OH is 1. The van der Waals surface area contributed by atoms with E-state index < -0.39 is 6.10 Å². The first-order chi connectivity index (χ1) is 13.6. The number of nitrogens with zero attached hydrogens (tertiary/aromatic N) is 2. The molecule has 0 bridgehead atoms. The van der Waals surface area contributed by atoms with Crippen LogP contribution in [0, 0.1) is 5.82 Å². The molecule has 0 aliphatic carbocycles. The Morgan fingerprint density at radius 1 is 1.18 bits per heavy atom. The van der Waals surface area contributed by atoms with Crippen LogP contribution in [0.25, 0.3) is 0 Å². The molecule has 0 saturated heterocycles. The highest BCUT2D eigenvalue weighted by atomic mass is 35.5. The summed E-state index contributed by atoms with van der Waals surface area (Å²) >= 11 is 6.19. The zero-order valence-corrected chi connectivity index (χ0v) is 15.9. The molecule has 0 amide bonds. The standard InChI is InChI=1S/C22H20ClFN2O2/c23-20-11-19(24)5-3-17(20)13-26-8-9-28-21-6-4-15(10-18(21)14-26)22(27)16-2-1-7-25-12-16/h1-7,10-12,22,27H,8-9,13-14H2/t22-/m1/s1. The molecular formula is C22H20ClFN2O2. The molecule has 3 aromatic rings. The SMILES string of the molecule is O[C@@H](c1cccnc1)c1ccc2c(c1)CN(Cc1ccc(F)cc1Cl)CCO2. The van der Waals surface area contributed by atoms with Gasteiger partial charge in [0.15, 0.2) is 0 Å². The average Bonchev–Trinajstić information content (AvgIpc) is 2.91. The number of pyridine rings is 1. The summed E-state index contributed by atoms with van der Waals surface area (Å²) in [5, 5.41) is 11.1. The van der Waals surface area contributed by atoms with Gasteiger partial charge in [0.25, 0.3) is 0 Å². The smallest absolute Gasteiger partial charge is 0.124 e. The Hall–Kier alpha value is -2.47. The third-order valence-electron chi connectivity index (χ3n) is 4.87. The second kappa shape index (κ2) is 8.27. The Labute approximate surface area is 168 Å². The zero-order chi connectivity index (χ0) is 19.5. The third kappa shape index (κ3) is 4.17. The van der Waals surface area contributed by atoms with Crippen molar-refractivity contribution in [2.45, 2.75) is 19.2 Å². The molecule has 1 atom stereocenters. The van der Waals surface area contributed by atoms with Crippen LogP contribution in [0.2, 0.25) is 5.02 Å². The lowest BCUT2D eigenvalue weighted by Crippen LogP contribution is -2.25. The molecule has 1 aliphatic heterocycles. The van der Waals surface area contributed by atoms with Crippen LogP contribution in [0.5, 0.6) is 5.75 Å². The Kier molecular flexibility index (Phi) is 5.57. The summed E-state index contributed by atoms with van der Waals surface area (Å²) in [6, 6.07) is 13.9. The van der Waals surface area contributed by atoms with Gasteiger partial charge in [-0.15, -0.1) is 0 Å². The van der Waals surface area contributed by atoms with Crippen LogP contribution < -0.4 is 4.74 Å². The zero-order valence-electron chi connectivity index (χ0n) is 15.2. The van der Waals surface area contributed by atoms with Crippen molar-refractivity contribution < 1.29 is 14.2 Å². The van der Waals surface area contributed by atoms with Gasteiger partial charge in [0, 0.05) is 48.2 Å². The van der Waals surface area contributed by atoms with Crippen LogP contribution in [0.4, 0.5) is 4.39 Å². The van der Waals surface area contributed by atoms with E-state index in [-0.39, 0.29) is 5.82 Å². The van der Waals surface area contributed by atoms with E-state index in [0.29, 0.717) is 24.7 Å². The number of rotatable bonds is 4. The largest absolute Gasteiger partial charge is 0.492 e. The molecule has 1 aromatic heterocycles. The van der Waals surface area contributed by atoms with Crippen LogP contribution in [0.1, 0.15) is 28.4 Å². The molecule has 2 aromatic carbocycles. The second-order valence-electron chi connectivity index (χ2n) is 6.85. The summed E-state index contributed by atoms with van der Waals surface area (Å²) in [7, 11) is 0. The van der Waals surface area contributed by atoms with Gasteiger partial charge in [-0.3, -0.25) is 9.88 Å². The second-order valence-corrected chi connectivity index (χ2v) is 7.26. The molecule has 1 aliphatic rings. The Morgan fingerprint density at radius 3 is 2.86 bits per heavy atom. The first-order valence-electron chi connectivity index (χ1n) is 9.10. The van der Waals surface area contributed by atoms with Crippen molar-refractivity contribution in [3.05, 3.63) is 94.0 Å². The molecule has 4 rings (SSSR count). The van der Waals surface area contributed by atoms with Crippen LogP contribution in [0.15, 0.2) is 60.9 Å². The van der Waals surface area contributed by atoms with Gasteiger partial charge in [0.2, 0.25) is 0 Å². The van der Waals surface area contributed by atoms with Crippen molar-refractivity contribution in [3.63, 3.8) is 0 Å². The molecule has 4 nitrogen and oxygen atoms in total. The van der Waals surface area contributed by atoms with Crippen molar-refractivity contribution in [1.82, 2.24) is 9.88 Å². The lowest BCUT2D eigenvalue weighted by Gasteiger charge is -2.20. The minimum absolute atomic E-state index is 0.340. The number of aliphatic hydroxyl groups is 1. The molecule has 0 unspecified atom stereocenters. The lowest BCUT2D eigenvalue weighted by atomic mass is 10.00. The van der Waals surface area contributed by atoms with Crippen LogP contribution in [-0.4, -0.2) is 28.1 Å². The molecular weight excluding hydrogens is 379 g/mol. The Morgan fingerprint density at radius 2 is 2.07 bits per heavy atom. The first-order valence-corrected chi connectivity index (χ1v) is 9.48. The molecule has 0 fully saturated rings. The van der Waals surface area contributed by atoms with E-state index in [1.165, 1.54) is 12.1 Å². The molecule has 0 spiro atoms. The first kappa shape index (κ1) is 18.9. The quantitative estimate of drug-likeness (QED) is 0.709. The van der Waals surface area contributed by atoms with Gasteiger partial charge in [0.05, 0.1) is 0 Å². The summed E-state index contributed by atoms with van der Waals surface area (Å²) in [6.45, 7) is 2.52. The van der Waals surface area contributed by atoms with E-state index in [4.69, 9.17) is 16.3 Å². The number of fused-ring (bicyclic) bond motifs is 1. The van der Waals surface area contributed by atoms with Gasteiger partial charge in [-0.25, -0.2) is 4.39 Å². The van der Waals surface area contributed by atoms with Gasteiger partial charge < -0.3 is 9.84 Å². The maximum absolute atomic E-state index is 13.3. The highest BCUT2D eigenvalue weighted by molar-refractivity contribution is 6.31. The lowest BCUT2D eigenvalue weighted by molar-refractivity contribution is 0.218. The van der Waals surface area contributed by atoms with Crippen molar-refractivity contribution in [3.8, 4) is 5.75 Å². The highest BCUT2D eigenvalue weighted by Gasteiger charge is 2.19. The monoisotopic (exact) mass is 398 g/mol. The fourth-order valence-corrected chi connectivity index (χ4v) is 3.62. The normalized spacial score (nSPS) is 15.4. The van der Waals surface area contributed by atoms with Gasteiger partial charge >= 0.3 is 0 Å². The summed E-state index contributed by atoms with van der Waals surface area (Å²) in [5.41, 5.74) is 3.40. The van der Waals surface area contributed by atoms with Gasteiger partial charge in [0.1, 0.15) is 24.3 Å². The highest BCUT2D eigenvalue weighted by Crippen LogP contribution is 2.30. The van der Waals surface area contributed by atoms with E-state index in [1.807, 2.05) is 24.3 Å². The summed E-state index contributed by atoms with van der Waals surface area (Å²) < 4.78 is 19.2. The van der Waals surface area contributed by atoms with E-state index in [2.05, 4.69) is 9.88 Å². The molecule has 2 heterocycles. The maximum atomic E-state index is 13.3. The van der Waals surface area contributed by atoms with Crippen LogP contribution >= 0.6 is 11.6 Å². The van der Waals surface area contributed by atoms with E-state index >= 15 is 0 Å². The van der Waals surface area contributed by atoms with Crippen LogP contribution in [-0.2, 0) is 13.1 Å². The van der Waals surface area contributed by atoms with E-state index in [0.717, 1.165) is 34.5 Å². The molecule has 1 N–H and O–H groups in total. The number of hydrogen-bond donors (Lipinski definition) is 1. The van der Waals surface area contributed by atoms with Gasteiger partial charge in [-0.1, -0.05) is 29.8 Å². The average molecular weight is 399 g/mol. The number of benzene rings is 2. The number of hydrogen-bond acceptors (Lipinski definition) is 4. The van der Waals surface area contributed by atoms with Gasteiger partial charge in [-0.05, 0) is 41.5 Å².